The van der Waals surface area contributed by atoms with Gasteiger partial charge in [-0.2, -0.15) is 5.10 Å². The molecule has 0 spiro atoms. The van der Waals surface area contributed by atoms with E-state index in [4.69, 9.17) is 21.8 Å². The molecule has 0 saturated carbocycles. The van der Waals surface area contributed by atoms with Crippen LogP contribution >= 0.6 is 11.6 Å². The average Bonchev–Trinajstić information content (AvgIpc) is 3.35. The normalized spacial score (nSPS) is 12.9. The first-order valence-electron chi connectivity index (χ1n) is 12.4. The van der Waals surface area contributed by atoms with Crippen molar-refractivity contribution in [3.63, 3.8) is 0 Å². The van der Waals surface area contributed by atoms with E-state index in [-0.39, 0.29) is 17.2 Å². The van der Waals surface area contributed by atoms with E-state index in [9.17, 15) is 27.9 Å². The molecule has 1 heterocycles. The molecule has 8 nitrogen and oxygen atoms in total. The minimum atomic E-state index is -4.79. The molecule has 0 fully saturated rings. The zero-order chi connectivity index (χ0) is 29.7. The Hall–Kier alpha value is -4.35. The molecule has 3 aromatic carbocycles. The third-order valence-electron chi connectivity index (χ3n) is 6.30. The summed E-state index contributed by atoms with van der Waals surface area (Å²) in [5, 5.41) is 25.8. The number of carboxylic acids is 1. The fourth-order valence-electron chi connectivity index (χ4n) is 4.11. The largest absolute Gasteiger partial charge is 0.573 e. The molecule has 3 N–H and O–H groups in total. The molecular formula is C29H25ClF3N3O5. The van der Waals surface area contributed by atoms with Gasteiger partial charge in [0, 0.05) is 27.8 Å². The topological polar surface area (TPSA) is 114 Å². The highest BCUT2D eigenvalue weighted by atomic mass is 35.5. The van der Waals surface area contributed by atoms with Gasteiger partial charge in [-0.05, 0) is 65.7 Å². The molecule has 2 atom stereocenters. The smallest absolute Gasteiger partial charge is 0.479 e. The average molecular weight is 588 g/mol. The molecule has 41 heavy (non-hydrogen) atoms. The summed E-state index contributed by atoms with van der Waals surface area (Å²) in [6.07, 6.45) is -6.50. The first kappa shape index (κ1) is 29.6. The fraction of sp³-hybridized carbons (Fsp3) is 0.207. The number of hydrogen-bond donors (Lipinski definition) is 3. The number of rotatable bonds is 10. The number of aliphatic hydroxyl groups is 1. The van der Waals surface area contributed by atoms with Gasteiger partial charge in [0.25, 0.3) is 5.91 Å². The van der Waals surface area contributed by atoms with Gasteiger partial charge in [-0.25, -0.2) is 4.79 Å². The molecule has 1 amide bonds. The number of nitrogens with one attached hydrogen (secondary N) is 1. The number of carboxylic acid groups (broad SMARTS) is 1. The van der Waals surface area contributed by atoms with Crippen LogP contribution in [-0.4, -0.2) is 50.9 Å². The fourth-order valence-corrected chi connectivity index (χ4v) is 4.24. The van der Waals surface area contributed by atoms with Crippen LogP contribution in [0.2, 0.25) is 5.02 Å². The second-order valence-electron chi connectivity index (χ2n) is 9.22. The highest BCUT2D eigenvalue weighted by Crippen LogP contribution is 2.31. The third-order valence-corrected chi connectivity index (χ3v) is 6.55. The van der Waals surface area contributed by atoms with Crippen LogP contribution in [0.3, 0.4) is 0 Å². The van der Waals surface area contributed by atoms with Crippen LogP contribution in [0, 0.1) is 0 Å². The quantitative estimate of drug-likeness (QED) is 0.227. The lowest BCUT2D eigenvalue weighted by molar-refractivity contribution is -0.274. The van der Waals surface area contributed by atoms with E-state index in [1.165, 1.54) is 24.3 Å². The van der Waals surface area contributed by atoms with Crippen molar-refractivity contribution in [2.45, 2.75) is 31.9 Å². The molecule has 214 valence electrons. The monoisotopic (exact) mass is 587 g/mol. The molecule has 2 unspecified atom stereocenters. The number of benzene rings is 3. The van der Waals surface area contributed by atoms with Crippen molar-refractivity contribution in [2.75, 3.05) is 6.54 Å². The highest BCUT2D eigenvalue weighted by Gasteiger charge is 2.31. The lowest BCUT2D eigenvalue weighted by Gasteiger charge is -2.15. The van der Waals surface area contributed by atoms with Crippen LogP contribution < -0.4 is 10.1 Å². The number of alkyl halides is 3. The number of aliphatic hydroxyl groups excluding tert-OH is 1. The van der Waals surface area contributed by atoms with Gasteiger partial charge in [-0.15, -0.1) is 13.2 Å². The molecule has 4 rings (SSSR count). The maximum Gasteiger partial charge on any atom is 0.573 e. The minimum absolute atomic E-state index is 0.118. The van der Waals surface area contributed by atoms with E-state index in [2.05, 4.69) is 10.1 Å². The van der Waals surface area contributed by atoms with E-state index < -0.39 is 30.9 Å². The van der Waals surface area contributed by atoms with E-state index >= 15 is 0 Å². The highest BCUT2D eigenvalue weighted by molar-refractivity contribution is 6.30. The van der Waals surface area contributed by atoms with Crippen LogP contribution in [0.4, 0.5) is 13.2 Å². The van der Waals surface area contributed by atoms with Crippen molar-refractivity contribution in [1.29, 1.82) is 0 Å². The number of hydrogen-bond acceptors (Lipinski definition) is 5. The van der Waals surface area contributed by atoms with Crippen molar-refractivity contribution in [3.05, 3.63) is 106 Å². The van der Waals surface area contributed by atoms with E-state index in [1.54, 1.807) is 41.1 Å². The first-order chi connectivity index (χ1) is 19.4. The van der Waals surface area contributed by atoms with E-state index in [0.717, 1.165) is 16.8 Å². The van der Waals surface area contributed by atoms with Crippen molar-refractivity contribution >= 4 is 23.5 Å². The maximum absolute atomic E-state index is 12.6. The summed E-state index contributed by atoms with van der Waals surface area (Å²) in [4.78, 5) is 23.1. The Bertz CT molecular complexity index is 1500. The standard InChI is InChI=1S/C29H25ClF3N3O5/c1-17(19-6-10-22(30)11-7-19)25-14-24(20-8-12-23(13-9-20)41-29(31,32)33)35-36(25)16-18-2-4-21(5-3-18)27(38)34-15-26(37)28(39)40/h2-14,17,26,37H,15-16H2,1H3,(H,34,38)(H,39,40). The Morgan fingerprint density at radius 2 is 1.66 bits per heavy atom. The number of ether oxygens (including phenoxy) is 1. The Morgan fingerprint density at radius 1 is 1.02 bits per heavy atom. The Balaban J connectivity index is 1.59. The maximum atomic E-state index is 12.6. The third kappa shape index (κ3) is 7.86. The van der Waals surface area contributed by atoms with Gasteiger partial charge in [0.2, 0.25) is 0 Å². The van der Waals surface area contributed by atoms with Gasteiger partial charge >= 0.3 is 12.3 Å². The molecule has 0 bridgehead atoms. The molecule has 0 radical (unpaired) electrons. The van der Waals surface area contributed by atoms with E-state index in [0.29, 0.717) is 22.8 Å². The van der Waals surface area contributed by atoms with Gasteiger partial charge in [0.15, 0.2) is 6.10 Å². The molecule has 0 aliphatic carbocycles. The van der Waals surface area contributed by atoms with Gasteiger partial charge in [-0.1, -0.05) is 42.8 Å². The zero-order valence-electron chi connectivity index (χ0n) is 21.6. The zero-order valence-corrected chi connectivity index (χ0v) is 22.4. The summed E-state index contributed by atoms with van der Waals surface area (Å²) >= 11 is 6.06. The summed E-state index contributed by atoms with van der Waals surface area (Å²) < 4.78 is 43.5. The summed E-state index contributed by atoms with van der Waals surface area (Å²) in [5.74, 6) is -2.43. The van der Waals surface area contributed by atoms with Crippen molar-refractivity contribution in [1.82, 2.24) is 15.1 Å². The van der Waals surface area contributed by atoms with Gasteiger partial charge in [-0.3, -0.25) is 9.48 Å². The number of aliphatic carboxylic acids is 1. The molecule has 0 aliphatic rings. The number of aromatic nitrogens is 2. The minimum Gasteiger partial charge on any atom is -0.479 e. The van der Waals surface area contributed by atoms with Crippen molar-refractivity contribution in [2.24, 2.45) is 0 Å². The lowest BCUT2D eigenvalue weighted by Crippen LogP contribution is -2.36. The first-order valence-corrected chi connectivity index (χ1v) is 12.7. The number of amides is 1. The Labute approximate surface area is 238 Å². The van der Waals surface area contributed by atoms with Gasteiger partial charge in [0.1, 0.15) is 5.75 Å². The number of halogens is 4. The summed E-state index contributed by atoms with van der Waals surface area (Å²) in [5.41, 5.74) is 4.04. The van der Waals surface area contributed by atoms with E-state index in [1.807, 2.05) is 25.1 Å². The lowest BCUT2D eigenvalue weighted by atomic mass is 9.97. The molecule has 0 aliphatic heterocycles. The van der Waals surface area contributed by atoms with Crippen LogP contribution in [0.25, 0.3) is 11.3 Å². The SMILES string of the molecule is CC(c1ccc(Cl)cc1)c1cc(-c2ccc(OC(F)(F)F)cc2)nn1Cc1ccc(C(=O)NCC(O)C(=O)O)cc1. The summed E-state index contributed by atoms with van der Waals surface area (Å²) in [7, 11) is 0. The molecular weight excluding hydrogens is 563 g/mol. The summed E-state index contributed by atoms with van der Waals surface area (Å²) in [6.45, 7) is 1.89. The number of nitrogens with zero attached hydrogens (tertiary/aromatic N) is 2. The van der Waals surface area contributed by atoms with Gasteiger partial charge < -0.3 is 20.3 Å². The van der Waals surface area contributed by atoms with Gasteiger partial charge in [0.05, 0.1) is 18.8 Å². The Morgan fingerprint density at radius 3 is 2.24 bits per heavy atom. The van der Waals surface area contributed by atoms with Crippen molar-refractivity contribution < 1.29 is 37.7 Å². The summed E-state index contributed by atoms with van der Waals surface area (Å²) in [6, 6.07) is 21.3. The molecule has 12 heteroatoms. The molecule has 0 saturated heterocycles. The van der Waals surface area contributed by atoms with Crippen LogP contribution in [0.5, 0.6) is 5.75 Å². The number of carbonyl (C=O) groups is 2. The van der Waals surface area contributed by atoms with Crippen molar-refractivity contribution in [3.8, 4) is 17.0 Å². The van der Waals surface area contributed by atoms with Crippen LogP contribution in [-0.2, 0) is 11.3 Å². The van der Waals surface area contributed by atoms with Crippen LogP contribution in [0.1, 0.15) is 40.0 Å². The predicted molar refractivity (Wildman–Crippen MR) is 145 cm³/mol. The van der Waals surface area contributed by atoms with Crippen LogP contribution in [0.15, 0.2) is 78.9 Å². The second-order valence-corrected chi connectivity index (χ2v) is 9.65. The Kier molecular flexibility index (Phi) is 8.99. The molecule has 1 aromatic heterocycles. The second kappa shape index (κ2) is 12.4. The molecule has 4 aromatic rings. The number of carbonyl (C=O) groups excluding carboxylic acids is 1. The predicted octanol–water partition coefficient (Wildman–Crippen LogP) is 5.48.